The Morgan fingerprint density at radius 2 is 2.08 bits per heavy atom. The molecule has 0 unspecified atom stereocenters. The van der Waals surface area contributed by atoms with Crippen LogP contribution in [0.1, 0.15) is 22.8 Å². The number of carbonyl (C=O) groups excluding carboxylic acids is 1. The lowest BCUT2D eigenvalue weighted by Crippen LogP contribution is -1.91. The van der Waals surface area contributed by atoms with Crippen LogP contribution in [0.4, 0.5) is 0 Å². The molecule has 0 saturated heterocycles. The Labute approximate surface area is 76.7 Å². The molecule has 0 aliphatic rings. The fourth-order valence-corrected chi connectivity index (χ4v) is 1.17. The molecule has 0 atom stereocenters. The summed E-state index contributed by atoms with van der Waals surface area (Å²) in [6.07, 6.45) is 3.73. The van der Waals surface area contributed by atoms with Gasteiger partial charge in [-0.3, -0.25) is 4.79 Å². The average molecular weight is 181 g/mol. The molecule has 0 N–H and O–H groups in total. The highest BCUT2D eigenvalue weighted by Crippen LogP contribution is 2.12. The van der Waals surface area contributed by atoms with E-state index >= 15 is 0 Å². The molecule has 0 saturated carbocycles. The van der Waals surface area contributed by atoms with Gasteiger partial charge in [0.2, 0.25) is 0 Å². The summed E-state index contributed by atoms with van der Waals surface area (Å²) in [4.78, 5) is 10.9. The van der Waals surface area contributed by atoms with Gasteiger partial charge in [-0.15, -0.1) is 0 Å². The Morgan fingerprint density at radius 3 is 2.67 bits per heavy atom. The number of halogens is 1. The van der Waals surface area contributed by atoms with Gasteiger partial charge in [0.15, 0.2) is 0 Å². The monoisotopic (exact) mass is 180 g/mol. The number of benzene rings is 1. The van der Waals surface area contributed by atoms with Gasteiger partial charge in [-0.1, -0.05) is 30.4 Å². The van der Waals surface area contributed by atoms with E-state index in [0.29, 0.717) is 5.56 Å². The van der Waals surface area contributed by atoms with Crippen molar-refractivity contribution in [1.82, 2.24) is 0 Å². The predicted molar refractivity (Wildman–Crippen MR) is 51.3 cm³/mol. The van der Waals surface area contributed by atoms with E-state index in [9.17, 15) is 4.79 Å². The molecule has 0 heterocycles. The highest BCUT2D eigenvalue weighted by atomic mass is 35.5. The van der Waals surface area contributed by atoms with Crippen molar-refractivity contribution >= 4 is 22.9 Å². The average Bonchev–Trinajstić information content (AvgIpc) is 2.05. The second-order valence-electron chi connectivity index (χ2n) is 2.36. The molecule has 1 aromatic rings. The van der Waals surface area contributed by atoms with Crippen LogP contribution in [0.5, 0.6) is 0 Å². The van der Waals surface area contributed by atoms with Gasteiger partial charge < -0.3 is 0 Å². The summed E-state index contributed by atoms with van der Waals surface area (Å²) in [6, 6.07) is 7.24. The van der Waals surface area contributed by atoms with Gasteiger partial charge in [0.05, 0.1) is 0 Å². The maximum atomic E-state index is 10.9. The van der Waals surface area contributed by atoms with E-state index in [1.54, 1.807) is 12.1 Å². The number of rotatable bonds is 2. The van der Waals surface area contributed by atoms with E-state index in [1.165, 1.54) is 0 Å². The van der Waals surface area contributed by atoms with Crippen LogP contribution in [0.25, 0.3) is 6.08 Å². The van der Waals surface area contributed by atoms with E-state index in [2.05, 4.69) is 0 Å². The Morgan fingerprint density at radius 1 is 1.42 bits per heavy atom. The Kier molecular flexibility index (Phi) is 3.06. The normalized spacial score (nSPS) is 10.5. The van der Waals surface area contributed by atoms with Crippen LogP contribution in [0.3, 0.4) is 0 Å². The highest BCUT2D eigenvalue weighted by molar-refractivity contribution is 6.68. The minimum Gasteiger partial charge on any atom is -0.276 e. The zero-order valence-electron chi connectivity index (χ0n) is 6.75. The third-order valence-corrected chi connectivity index (χ3v) is 1.72. The molecular weight excluding hydrogens is 172 g/mol. The van der Waals surface area contributed by atoms with Crippen molar-refractivity contribution in [2.45, 2.75) is 6.92 Å². The molecule has 0 spiro atoms. The zero-order valence-corrected chi connectivity index (χ0v) is 7.51. The minimum absolute atomic E-state index is 0.413. The van der Waals surface area contributed by atoms with E-state index in [1.807, 2.05) is 31.2 Å². The van der Waals surface area contributed by atoms with Crippen molar-refractivity contribution in [2.75, 3.05) is 0 Å². The fourth-order valence-electron chi connectivity index (χ4n) is 1.00. The molecule has 0 amide bonds. The summed E-state index contributed by atoms with van der Waals surface area (Å²) >= 11 is 5.37. The zero-order chi connectivity index (χ0) is 8.97. The molecule has 0 aliphatic heterocycles. The molecule has 0 bridgehead atoms. The van der Waals surface area contributed by atoms with Crippen LogP contribution in [0.15, 0.2) is 30.3 Å². The smallest absolute Gasteiger partial charge is 0.252 e. The summed E-state index contributed by atoms with van der Waals surface area (Å²) in [5.41, 5.74) is 1.41. The van der Waals surface area contributed by atoms with Gasteiger partial charge >= 0.3 is 0 Å². The molecule has 0 aliphatic carbocycles. The van der Waals surface area contributed by atoms with Crippen molar-refractivity contribution in [3.05, 3.63) is 41.5 Å². The van der Waals surface area contributed by atoms with Crippen LogP contribution in [0.2, 0.25) is 0 Å². The molecule has 62 valence electrons. The molecule has 1 aromatic carbocycles. The number of hydrogen-bond acceptors (Lipinski definition) is 1. The summed E-state index contributed by atoms with van der Waals surface area (Å²) in [7, 11) is 0. The van der Waals surface area contributed by atoms with Crippen molar-refractivity contribution in [3.63, 3.8) is 0 Å². The Hall–Kier alpha value is -1.08. The van der Waals surface area contributed by atoms with Crippen molar-refractivity contribution in [2.24, 2.45) is 0 Å². The van der Waals surface area contributed by atoms with E-state index in [4.69, 9.17) is 11.6 Å². The lowest BCUT2D eigenvalue weighted by atomic mass is 10.1. The van der Waals surface area contributed by atoms with Crippen LogP contribution < -0.4 is 0 Å². The SMILES string of the molecule is C/C=C/c1ccccc1C(=O)Cl. The van der Waals surface area contributed by atoms with E-state index in [0.717, 1.165) is 5.56 Å². The van der Waals surface area contributed by atoms with Gasteiger partial charge in [-0.05, 0) is 30.2 Å². The predicted octanol–water partition coefficient (Wildman–Crippen LogP) is 3.10. The summed E-state index contributed by atoms with van der Waals surface area (Å²) in [5, 5.41) is -0.413. The van der Waals surface area contributed by atoms with Crippen LogP contribution in [-0.4, -0.2) is 5.24 Å². The third kappa shape index (κ3) is 1.95. The summed E-state index contributed by atoms with van der Waals surface area (Å²) < 4.78 is 0. The van der Waals surface area contributed by atoms with Crippen LogP contribution in [-0.2, 0) is 0 Å². The van der Waals surface area contributed by atoms with E-state index < -0.39 is 5.24 Å². The number of allylic oxidation sites excluding steroid dienone is 1. The standard InChI is InChI=1S/C10H9ClO/c1-2-5-8-6-3-4-7-9(8)10(11)12/h2-7H,1H3/b5-2+. The highest BCUT2D eigenvalue weighted by Gasteiger charge is 2.04. The third-order valence-electron chi connectivity index (χ3n) is 1.52. The van der Waals surface area contributed by atoms with Gasteiger partial charge in [0, 0.05) is 5.56 Å². The molecule has 1 rings (SSSR count). The Bertz CT molecular complexity index is 315. The van der Waals surface area contributed by atoms with Gasteiger partial charge in [-0.25, -0.2) is 0 Å². The second kappa shape index (κ2) is 4.07. The van der Waals surface area contributed by atoms with Gasteiger partial charge in [0.25, 0.3) is 5.24 Å². The molecule has 12 heavy (non-hydrogen) atoms. The first kappa shape index (κ1) is 9.01. The molecule has 0 fully saturated rings. The first-order chi connectivity index (χ1) is 5.75. The first-order valence-electron chi connectivity index (χ1n) is 3.67. The van der Waals surface area contributed by atoms with Gasteiger partial charge in [0.1, 0.15) is 0 Å². The molecule has 2 heteroatoms. The van der Waals surface area contributed by atoms with Crippen molar-refractivity contribution in [1.29, 1.82) is 0 Å². The van der Waals surface area contributed by atoms with Crippen LogP contribution >= 0.6 is 11.6 Å². The minimum atomic E-state index is -0.413. The second-order valence-corrected chi connectivity index (χ2v) is 2.70. The lowest BCUT2D eigenvalue weighted by molar-refractivity contribution is 0.108. The van der Waals surface area contributed by atoms with Gasteiger partial charge in [-0.2, -0.15) is 0 Å². The maximum Gasteiger partial charge on any atom is 0.252 e. The maximum absolute atomic E-state index is 10.9. The molecule has 0 aromatic heterocycles. The van der Waals surface area contributed by atoms with E-state index in [-0.39, 0.29) is 0 Å². The van der Waals surface area contributed by atoms with Crippen LogP contribution in [0, 0.1) is 0 Å². The molecular formula is C10H9ClO. The summed E-state index contributed by atoms with van der Waals surface area (Å²) in [6.45, 7) is 1.90. The number of hydrogen-bond donors (Lipinski definition) is 0. The van der Waals surface area contributed by atoms with Crippen molar-refractivity contribution < 1.29 is 4.79 Å². The largest absolute Gasteiger partial charge is 0.276 e. The fraction of sp³-hybridized carbons (Fsp3) is 0.100. The molecule has 1 nitrogen and oxygen atoms in total. The number of carbonyl (C=O) groups is 1. The quantitative estimate of drug-likeness (QED) is 0.640. The molecule has 0 radical (unpaired) electrons. The van der Waals surface area contributed by atoms with Crippen molar-refractivity contribution in [3.8, 4) is 0 Å². The Balaban J connectivity index is 3.17. The topological polar surface area (TPSA) is 17.1 Å². The summed E-state index contributed by atoms with van der Waals surface area (Å²) in [5.74, 6) is 0. The lowest BCUT2D eigenvalue weighted by Gasteiger charge is -1.98. The first-order valence-corrected chi connectivity index (χ1v) is 4.05.